The molecule has 3 rings (SSSR count). The number of aromatic nitrogens is 1. The van der Waals surface area contributed by atoms with Crippen LogP contribution in [0.25, 0.3) is 17.0 Å². The number of aryl methyl sites for hydroxylation is 2. The largest absolute Gasteiger partial charge is 0.507 e. The minimum absolute atomic E-state index is 0. The summed E-state index contributed by atoms with van der Waals surface area (Å²) >= 11 is 0. The summed E-state index contributed by atoms with van der Waals surface area (Å²) in [5, 5.41) is 10.5. The molecule has 3 aromatic rings. The van der Waals surface area contributed by atoms with Crippen LogP contribution >= 0.6 is 0 Å². The van der Waals surface area contributed by atoms with Gasteiger partial charge in [0.15, 0.2) is 0 Å². The van der Waals surface area contributed by atoms with E-state index in [0.717, 1.165) is 11.1 Å². The summed E-state index contributed by atoms with van der Waals surface area (Å²) in [7, 11) is 0. The molecule has 0 aliphatic heterocycles. The molecule has 0 aliphatic rings. The molecule has 2 N–H and O–H groups in total. The average Bonchev–Trinajstić information content (AvgIpc) is 2.82. The van der Waals surface area contributed by atoms with E-state index >= 15 is 0 Å². The van der Waals surface area contributed by atoms with Gasteiger partial charge in [-0.25, -0.2) is 0 Å². The van der Waals surface area contributed by atoms with Crippen LogP contribution in [0.1, 0.15) is 18.2 Å². The first kappa shape index (κ1) is 13.9. The number of nitrogens with one attached hydrogen (secondary N) is 1. The molecule has 0 aliphatic carbocycles. The normalized spacial score (nSPS) is 9.90. The number of phenolic OH excluding ortho intramolecular Hbond substituents is 1. The Morgan fingerprint density at radius 2 is 1.85 bits per heavy atom. The van der Waals surface area contributed by atoms with E-state index in [0.29, 0.717) is 5.75 Å². The molecular weight excluding hydrogens is 246 g/mol. The van der Waals surface area contributed by atoms with Crippen molar-refractivity contribution in [3.8, 4) is 5.75 Å². The van der Waals surface area contributed by atoms with Crippen LogP contribution in [0, 0.1) is 13.8 Å². The number of benzene rings is 2. The van der Waals surface area contributed by atoms with Crippen LogP contribution < -0.4 is 0 Å². The highest BCUT2D eigenvalue weighted by molar-refractivity contribution is 5.80. The van der Waals surface area contributed by atoms with Crippen LogP contribution in [-0.2, 0) is 0 Å². The van der Waals surface area contributed by atoms with E-state index < -0.39 is 0 Å². The predicted molar refractivity (Wildman–Crippen MR) is 88.1 cm³/mol. The van der Waals surface area contributed by atoms with Gasteiger partial charge in [-0.2, -0.15) is 0 Å². The summed E-state index contributed by atoms with van der Waals surface area (Å²) in [4.78, 5) is 3.26. The van der Waals surface area contributed by atoms with Crippen LogP contribution in [0.5, 0.6) is 5.75 Å². The lowest BCUT2D eigenvalue weighted by molar-refractivity contribution is 0.474. The lowest BCUT2D eigenvalue weighted by Gasteiger charge is -1.98. The van der Waals surface area contributed by atoms with Crippen molar-refractivity contribution in [2.24, 2.45) is 0 Å². The predicted octanol–water partition coefficient (Wildman–Crippen LogP) is 5.07. The molecule has 0 fully saturated rings. The number of rotatable bonds is 1. The number of phenols is 1. The molecule has 2 nitrogen and oxygen atoms in total. The van der Waals surface area contributed by atoms with Crippen LogP contribution in [0.3, 0.4) is 0 Å². The van der Waals surface area contributed by atoms with Gasteiger partial charge in [0.25, 0.3) is 0 Å². The van der Waals surface area contributed by atoms with Gasteiger partial charge in [-0.05, 0) is 43.5 Å². The van der Waals surface area contributed by atoms with E-state index in [4.69, 9.17) is 5.11 Å². The van der Waals surface area contributed by atoms with Crippen LogP contribution in [0.2, 0.25) is 0 Å². The first-order valence-electron chi connectivity index (χ1n) is 6.56. The monoisotopic (exact) mass is 267 g/mol. The van der Waals surface area contributed by atoms with Gasteiger partial charge in [-0.15, -0.1) is 0 Å². The van der Waals surface area contributed by atoms with Gasteiger partial charge < -0.3 is 10.1 Å². The van der Waals surface area contributed by atoms with Crippen LogP contribution in [0.15, 0.2) is 55.1 Å². The van der Waals surface area contributed by atoms with Gasteiger partial charge in [0.05, 0.1) is 0 Å². The molecule has 0 atom stereocenters. The summed E-state index contributed by atoms with van der Waals surface area (Å²) in [6, 6.07) is 15.9. The van der Waals surface area contributed by atoms with E-state index in [1.165, 1.54) is 16.6 Å². The summed E-state index contributed by atoms with van der Waals surface area (Å²) in [5.74, 6) is 0.292. The van der Waals surface area contributed by atoms with Crippen molar-refractivity contribution in [1.29, 1.82) is 0 Å². The summed E-state index contributed by atoms with van der Waals surface area (Å²) in [5.41, 5.74) is 4.37. The van der Waals surface area contributed by atoms with Gasteiger partial charge in [-0.3, -0.25) is 0 Å². The second-order valence-corrected chi connectivity index (χ2v) is 4.81. The molecule has 0 bridgehead atoms. The first-order valence-corrected chi connectivity index (χ1v) is 6.56. The number of hydrogen-bond donors (Lipinski definition) is 2. The lowest BCUT2D eigenvalue weighted by Crippen LogP contribution is -1.75. The Kier molecular flexibility index (Phi) is 4.26. The quantitative estimate of drug-likeness (QED) is 0.634. The van der Waals surface area contributed by atoms with Crippen molar-refractivity contribution < 1.29 is 6.53 Å². The third-order valence-corrected chi connectivity index (χ3v) is 3.07. The lowest BCUT2D eigenvalue weighted by atomic mass is 10.1. The van der Waals surface area contributed by atoms with E-state index in [1.807, 2.05) is 25.1 Å². The highest BCUT2D eigenvalue weighted by atomic mass is 16.3. The summed E-state index contributed by atoms with van der Waals surface area (Å²) in [6.07, 6.45) is 1.64. The third kappa shape index (κ3) is 3.29. The maximum atomic E-state index is 9.16. The number of fused-ring (bicyclic) bond motifs is 1. The van der Waals surface area contributed by atoms with E-state index in [1.54, 1.807) is 12.1 Å². The Morgan fingerprint density at radius 3 is 2.50 bits per heavy atom. The zero-order valence-corrected chi connectivity index (χ0v) is 11.9. The minimum Gasteiger partial charge on any atom is -0.507 e. The SMILES string of the molecule is C=Cc1cc(C)ccc1O.Cc1cc2ccccc2[nH]1.[HH]. The summed E-state index contributed by atoms with van der Waals surface area (Å²) in [6.45, 7) is 7.62. The molecule has 2 heteroatoms. The van der Waals surface area contributed by atoms with Crippen molar-refractivity contribution in [3.63, 3.8) is 0 Å². The fraction of sp³-hybridized carbons (Fsp3) is 0.111. The van der Waals surface area contributed by atoms with Crippen molar-refractivity contribution in [2.45, 2.75) is 13.8 Å². The molecule has 1 heterocycles. The molecular formula is C18H21NO. The topological polar surface area (TPSA) is 36.0 Å². The van der Waals surface area contributed by atoms with Gasteiger partial charge >= 0.3 is 0 Å². The van der Waals surface area contributed by atoms with Gasteiger partial charge in [0, 0.05) is 18.2 Å². The van der Waals surface area contributed by atoms with Crippen molar-refractivity contribution in [3.05, 3.63) is 71.9 Å². The smallest absolute Gasteiger partial charge is 0.122 e. The number of aromatic hydroxyl groups is 1. The number of para-hydroxylation sites is 1. The minimum atomic E-state index is 0. The van der Waals surface area contributed by atoms with E-state index in [2.05, 4.69) is 42.8 Å². The Bertz CT molecular complexity index is 698. The third-order valence-electron chi connectivity index (χ3n) is 3.07. The second-order valence-electron chi connectivity index (χ2n) is 4.81. The Hall–Kier alpha value is -2.48. The number of H-pyrrole nitrogens is 1. The standard InChI is InChI=1S/C9H9N.C9H10O.H2/c1-7-6-8-4-2-3-5-9(8)10-7;1-3-8-6-7(2)4-5-9(8)10;/h2-6,10H,1H3;3-6,10H,1H2,2H3;1H. The molecule has 20 heavy (non-hydrogen) atoms. The molecule has 0 unspecified atom stereocenters. The highest BCUT2D eigenvalue weighted by Gasteiger charge is 1.94. The molecule has 0 amide bonds. The van der Waals surface area contributed by atoms with Crippen LogP contribution in [0.4, 0.5) is 0 Å². The molecule has 1 aromatic heterocycles. The number of aromatic amines is 1. The van der Waals surface area contributed by atoms with Crippen LogP contribution in [-0.4, -0.2) is 10.1 Å². The van der Waals surface area contributed by atoms with Gasteiger partial charge in [-0.1, -0.05) is 42.5 Å². The van der Waals surface area contributed by atoms with E-state index in [-0.39, 0.29) is 1.43 Å². The first-order chi connectivity index (χ1) is 9.60. The Morgan fingerprint density at radius 1 is 1.10 bits per heavy atom. The fourth-order valence-corrected chi connectivity index (χ4v) is 2.06. The average molecular weight is 267 g/mol. The van der Waals surface area contributed by atoms with E-state index in [9.17, 15) is 0 Å². The molecule has 0 saturated carbocycles. The van der Waals surface area contributed by atoms with Crippen molar-refractivity contribution in [1.82, 2.24) is 4.98 Å². The van der Waals surface area contributed by atoms with Crippen molar-refractivity contribution >= 4 is 17.0 Å². The maximum absolute atomic E-state index is 9.16. The molecule has 0 radical (unpaired) electrons. The van der Waals surface area contributed by atoms with Gasteiger partial charge in [0.2, 0.25) is 0 Å². The fourth-order valence-electron chi connectivity index (χ4n) is 2.06. The Balaban J connectivity index is 0.000000200. The molecule has 104 valence electrons. The molecule has 0 saturated heterocycles. The van der Waals surface area contributed by atoms with Crippen molar-refractivity contribution in [2.75, 3.05) is 0 Å². The number of hydrogen-bond acceptors (Lipinski definition) is 1. The van der Waals surface area contributed by atoms with Gasteiger partial charge in [0.1, 0.15) is 5.75 Å². The molecule has 2 aromatic carbocycles. The zero-order chi connectivity index (χ0) is 14.5. The highest BCUT2D eigenvalue weighted by Crippen LogP contribution is 2.18. The second kappa shape index (κ2) is 6.11. The summed E-state index contributed by atoms with van der Waals surface area (Å²) < 4.78 is 0. The Labute approximate surface area is 120 Å². The molecule has 0 spiro atoms. The maximum Gasteiger partial charge on any atom is 0.122 e. The zero-order valence-electron chi connectivity index (χ0n) is 11.9.